The molecule has 0 atom stereocenters. The Balaban J connectivity index is 1.91. The van der Waals surface area contributed by atoms with Gasteiger partial charge in [0.1, 0.15) is 0 Å². The number of nitrogens with zero attached hydrogens (tertiary/aromatic N) is 1. The van der Waals surface area contributed by atoms with Gasteiger partial charge in [-0.1, -0.05) is 48.2 Å². The maximum absolute atomic E-state index is 11.1. The Labute approximate surface area is 155 Å². The summed E-state index contributed by atoms with van der Waals surface area (Å²) < 4.78 is 0. The van der Waals surface area contributed by atoms with E-state index >= 15 is 0 Å². The maximum Gasteiger partial charge on any atom is 0.221 e. The van der Waals surface area contributed by atoms with Crippen molar-refractivity contribution in [3.05, 3.63) is 52.5 Å². The third-order valence-electron chi connectivity index (χ3n) is 3.35. The Morgan fingerprint density at radius 1 is 1.32 bits per heavy atom. The van der Waals surface area contributed by atoms with Gasteiger partial charge in [-0.05, 0) is 36.1 Å². The van der Waals surface area contributed by atoms with Gasteiger partial charge in [-0.25, -0.2) is 4.98 Å². The molecule has 0 aliphatic rings. The first kappa shape index (κ1) is 17.4. The Hall–Kier alpha value is -2.42. The molecule has 0 fully saturated rings. The molecule has 1 aromatic heterocycles. The van der Waals surface area contributed by atoms with Crippen LogP contribution in [0.25, 0.3) is 11.0 Å². The van der Waals surface area contributed by atoms with Gasteiger partial charge in [0, 0.05) is 23.7 Å². The van der Waals surface area contributed by atoms with Crippen LogP contribution in [-0.2, 0) is 4.79 Å². The highest BCUT2D eigenvalue weighted by atomic mass is 35.5. The fourth-order valence-corrected chi connectivity index (χ4v) is 3.15. The zero-order valence-electron chi connectivity index (χ0n) is 13.8. The second-order valence-corrected chi connectivity index (χ2v) is 7.00. The van der Waals surface area contributed by atoms with Gasteiger partial charge in [0.25, 0.3) is 0 Å². The van der Waals surface area contributed by atoms with E-state index in [1.807, 2.05) is 36.4 Å². The third-order valence-corrected chi connectivity index (χ3v) is 4.42. The van der Waals surface area contributed by atoms with Crippen molar-refractivity contribution in [3.63, 3.8) is 0 Å². The number of hydrogen-bond donors (Lipinski definition) is 2. The Morgan fingerprint density at radius 2 is 2.16 bits per heavy atom. The van der Waals surface area contributed by atoms with E-state index in [1.165, 1.54) is 6.92 Å². The van der Waals surface area contributed by atoms with E-state index < -0.39 is 0 Å². The molecule has 0 saturated carbocycles. The molecule has 1 heterocycles. The van der Waals surface area contributed by atoms with Crippen LogP contribution in [0, 0.1) is 11.8 Å². The summed E-state index contributed by atoms with van der Waals surface area (Å²) in [5.74, 6) is 7.02. The number of anilines is 1. The SMILES string of the molecule is CCSc1nc2cc(Cl)c(C#Cc3cccc(NC(C)=O)c3)cc2[nH]1. The minimum atomic E-state index is -0.112. The normalized spacial score (nSPS) is 10.4. The monoisotopic (exact) mass is 369 g/mol. The van der Waals surface area contributed by atoms with Crippen LogP contribution in [-0.4, -0.2) is 21.6 Å². The first-order chi connectivity index (χ1) is 12.0. The van der Waals surface area contributed by atoms with E-state index in [9.17, 15) is 4.79 Å². The highest BCUT2D eigenvalue weighted by Gasteiger charge is 2.06. The highest BCUT2D eigenvalue weighted by molar-refractivity contribution is 7.99. The first-order valence-corrected chi connectivity index (χ1v) is 9.13. The van der Waals surface area contributed by atoms with Crippen molar-refractivity contribution in [2.45, 2.75) is 19.0 Å². The van der Waals surface area contributed by atoms with E-state index in [0.29, 0.717) is 5.02 Å². The van der Waals surface area contributed by atoms with E-state index in [-0.39, 0.29) is 5.91 Å². The van der Waals surface area contributed by atoms with Gasteiger partial charge in [-0.2, -0.15) is 0 Å². The second-order valence-electron chi connectivity index (χ2n) is 5.34. The van der Waals surface area contributed by atoms with Gasteiger partial charge >= 0.3 is 0 Å². The zero-order chi connectivity index (χ0) is 17.8. The smallest absolute Gasteiger partial charge is 0.221 e. The number of thioether (sulfide) groups is 1. The Bertz CT molecular complexity index is 1000. The number of halogens is 1. The van der Waals surface area contributed by atoms with Gasteiger partial charge in [0.05, 0.1) is 16.1 Å². The van der Waals surface area contributed by atoms with Crippen molar-refractivity contribution in [2.75, 3.05) is 11.1 Å². The summed E-state index contributed by atoms with van der Waals surface area (Å²) in [4.78, 5) is 18.9. The van der Waals surface area contributed by atoms with Crippen LogP contribution in [0.3, 0.4) is 0 Å². The summed E-state index contributed by atoms with van der Waals surface area (Å²) >= 11 is 7.98. The largest absolute Gasteiger partial charge is 0.333 e. The van der Waals surface area contributed by atoms with Crippen molar-refractivity contribution < 1.29 is 4.79 Å². The van der Waals surface area contributed by atoms with Crippen LogP contribution in [0.4, 0.5) is 5.69 Å². The fraction of sp³-hybridized carbons (Fsp3) is 0.158. The molecular weight excluding hydrogens is 354 g/mol. The lowest BCUT2D eigenvalue weighted by Gasteiger charge is -2.01. The molecule has 1 amide bonds. The minimum absolute atomic E-state index is 0.112. The number of nitrogens with one attached hydrogen (secondary N) is 2. The predicted octanol–water partition coefficient (Wildman–Crippen LogP) is 4.69. The average molecular weight is 370 g/mol. The molecule has 25 heavy (non-hydrogen) atoms. The van der Waals surface area contributed by atoms with E-state index in [4.69, 9.17) is 11.6 Å². The number of aromatic amines is 1. The maximum atomic E-state index is 11.1. The van der Waals surface area contributed by atoms with Crippen LogP contribution >= 0.6 is 23.4 Å². The number of aromatic nitrogens is 2. The van der Waals surface area contributed by atoms with Crippen LogP contribution < -0.4 is 5.32 Å². The first-order valence-electron chi connectivity index (χ1n) is 7.77. The lowest BCUT2D eigenvalue weighted by atomic mass is 10.1. The molecular formula is C19H16ClN3OS. The standard InChI is InChI=1S/C19H16ClN3OS/c1-3-25-19-22-17-10-14(16(20)11-18(17)23-19)8-7-13-5-4-6-15(9-13)21-12(2)24/h4-6,9-11H,3H2,1-2H3,(H,21,24)(H,22,23). The molecule has 2 aromatic carbocycles. The summed E-state index contributed by atoms with van der Waals surface area (Å²) in [5.41, 5.74) is 4.00. The molecule has 2 N–H and O–H groups in total. The van der Waals surface area contributed by atoms with Crippen molar-refractivity contribution >= 4 is 46.0 Å². The van der Waals surface area contributed by atoms with Gasteiger partial charge in [0.2, 0.25) is 5.91 Å². The van der Waals surface area contributed by atoms with E-state index in [2.05, 4.69) is 34.0 Å². The van der Waals surface area contributed by atoms with Crippen molar-refractivity contribution in [2.24, 2.45) is 0 Å². The minimum Gasteiger partial charge on any atom is -0.333 e. The van der Waals surface area contributed by atoms with Crippen LogP contribution in [0.1, 0.15) is 25.0 Å². The van der Waals surface area contributed by atoms with Crippen molar-refractivity contribution in [1.82, 2.24) is 9.97 Å². The summed E-state index contributed by atoms with van der Waals surface area (Å²) in [6.45, 7) is 3.56. The lowest BCUT2D eigenvalue weighted by molar-refractivity contribution is -0.114. The fourth-order valence-electron chi connectivity index (χ4n) is 2.33. The number of carbonyl (C=O) groups is 1. The van der Waals surface area contributed by atoms with Crippen LogP contribution in [0.15, 0.2) is 41.6 Å². The second kappa shape index (κ2) is 7.64. The molecule has 6 heteroatoms. The van der Waals surface area contributed by atoms with Crippen LogP contribution in [0.2, 0.25) is 5.02 Å². The summed E-state index contributed by atoms with van der Waals surface area (Å²) in [6.07, 6.45) is 0. The third kappa shape index (κ3) is 4.36. The Kier molecular flexibility index (Phi) is 5.32. The molecule has 0 spiro atoms. The molecule has 0 aliphatic carbocycles. The number of amides is 1. The zero-order valence-corrected chi connectivity index (χ0v) is 15.4. The molecule has 3 rings (SSSR count). The lowest BCUT2D eigenvalue weighted by Crippen LogP contribution is -2.05. The van der Waals surface area contributed by atoms with Gasteiger partial charge in [0.15, 0.2) is 5.16 Å². The van der Waals surface area contributed by atoms with Crippen molar-refractivity contribution in [1.29, 1.82) is 0 Å². The molecule has 0 bridgehead atoms. The van der Waals surface area contributed by atoms with E-state index in [1.54, 1.807) is 11.8 Å². The number of benzene rings is 2. The molecule has 0 aliphatic heterocycles. The van der Waals surface area contributed by atoms with Gasteiger partial charge in [-0.15, -0.1) is 0 Å². The van der Waals surface area contributed by atoms with Crippen LogP contribution in [0.5, 0.6) is 0 Å². The number of hydrogen-bond acceptors (Lipinski definition) is 3. The molecule has 0 unspecified atom stereocenters. The van der Waals surface area contributed by atoms with E-state index in [0.717, 1.165) is 38.8 Å². The molecule has 0 radical (unpaired) electrons. The highest BCUT2D eigenvalue weighted by Crippen LogP contribution is 2.25. The molecule has 3 aromatic rings. The van der Waals surface area contributed by atoms with Gasteiger partial charge < -0.3 is 10.3 Å². The number of fused-ring (bicyclic) bond motifs is 1. The topological polar surface area (TPSA) is 57.8 Å². The summed E-state index contributed by atoms with van der Waals surface area (Å²) in [5, 5.41) is 4.19. The molecule has 0 saturated heterocycles. The van der Waals surface area contributed by atoms with Gasteiger partial charge in [-0.3, -0.25) is 4.79 Å². The van der Waals surface area contributed by atoms with Crippen molar-refractivity contribution in [3.8, 4) is 11.8 Å². The average Bonchev–Trinajstić information content (AvgIpc) is 2.94. The summed E-state index contributed by atoms with van der Waals surface area (Å²) in [7, 11) is 0. The Morgan fingerprint density at radius 3 is 2.92 bits per heavy atom. The number of carbonyl (C=O) groups excluding carboxylic acids is 1. The molecule has 126 valence electrons. The summed E-state index contributed by atoms with van der Waals surface area (Å²) in [6, 6.07) is 11.1. The number of H-pyrrole nitrogens is 1. The predicted molar refractivity (Wildman–Crippen MR) is 104 cm³/mol. The quantitative estimate of drug-likeness (QED) is 0.520. The number of rotatable bonds is 3. The molecule has 4 nitrogen and oxygen atoms in total. The number of imidazole rings is 1.